The zero-order chi connectivity index (χ0) is 9.78. The molecule has 0 aliphatic heterocycles. The number of carbonyl (C=O) groups is 1. The normalized spacial score (nSPS) is 14.2. The lowest BCUT2D eigenvalue weighted by molar-refractivity contribution is -0.118. The van der Waals surface area contributed by atoms with E-state index in [9.17, 15) is 13.2 Å². The molecule has 0 aliphatic carbocycles. The highest BCUT2D eigenvalue weighted by Crippen LogP contribution is 2.03. The third-order valence-electron chi connectivity index (χ3n) is 1.43. The van der Waals surface area contributed by atoms with Crippen LogP contribution in [0.5, 0.6) is 0 Å². The summed E-state index contributed by atoms with van der Waals surface area (Å²) in [6.45, 7) is 1.38. The predicted molar refractivity (Wildman–Crippen MR) is 44.3 cm³/mol. The van der Waals surface area contributed by atoms with Gasteiger partial charge in [0.15, 0.2) is 11.0 Å². The van der Waals surface area contributed by atoms with Gasteiger partial charge in [0.25, 0.3) is 10.1 Å². The SMILES string of the molecule is CCCC(=O)C(CN)S(=O)(=O)O. The van der Waals surface area contributed by atoms with Crippen LogP contribution in [0.1, 0.15) is 19.8 Å². The zero-order valence-corrected chi connectivity index (χ0v) is 7.67. The lowest BCUT2D eigenvalue weighted by Gasteiger charge is -2.08. The lowest BCUT2D eigenvalue weighted by atomic mass is 10.2. The summed E-state index contributed by atoms with van der Waals surface area (Å²) in [6, 6.07) is 0. The van der Waals surface area contributed by atoms with Gasteiger partial charge in [0.2, 0.25) is 0 Å². The first-order valence-electron chi connectivity index (χ1n) is 3.62. The first kappa shape index (κ1) is 11.5. The van der Waals surface area contributed by atoms with Crippen molar-refractivity contribution in [2.45, 2.75) is 25.0 Å². The van der Waals surface area contributed by atoms with Crippen molar-refractivity contribution in [2.75, 3.05) is 6.54 Å². The quantitative estimate of drug-likeness (QED) is 0.580. The van der Waals surface area contributed by atoms with Crippen molar-refractivity contribution in [1.29, 1.82) is 0 Å². The Hall–Kier alpha value is -0.460. The summed E-state index contributed by atoms with van der Waals surface area (Å²) >= 11 is 0. The minimum absolute atomic E-state index is 0.127. The van der Waals surface area contributed by atoms with Crippen molar-refractivity contribution in [1.82, 2.24) is 0 Å². The second-order valence-electron chi connectivity index (χ2n) is 2.46. The van der Waals surface area contributed by atoms with Crippen LogP contribution in [0.25, 0.3) is 0 Å². The number of Topliss-reactive ketones (excluding diaryl/α,β-unsaturated/α-hetero) is 1. The summed E-state index contributed by atoms with van der Waals surface area (Å²) in [6.07, 6.45) is 0.673. The van der Waals surface area contributed by atoms with Crippen LogP contribution in [-0.2, 0) is 14.9 Å². The molecule has 0 saturated carbocycles. The molecule has 12 heavy (non-hydrogen) atoms. The molecule has 1 unspecified atom stereocenters. The average molecular weight is 195 g/mol. The van der Waals surface area contributed by atoms with Gasteiger partial charge in [-0.25, -0.2) is 0 Å². The molecular formula is C6H13NO4S. The van der Waals surface area contributed by atoms with Crippen LogP contribution in [0.4, 0.5) is 0 Å². The van der Waals surface area contributed by atoms with E-state index in [1.807, 2.05) is 0 Å². The van der Waals surface area contributed by atoms with Crippen LogP contribution in [-0.4, -0.2) is 30.5 Å². The lowest BCUT2D eigenvalue weighted by Crippen LogP contribution is -2.36. The van der Waals surface area contributed by atoms with Crippen LogP contribution in [0.3, 0.4) is 0 Å². The topological polar surface area (TPSA) is 97.5 Å². The smallest absolute Gasteiger partial charge is 0.276 e. The largest absolute Gasteiger partial charge is 0.329 e. The van der Waals surface area contributed by atoms with E-state index in [4.69, 9.17) is 10.3 Å². The fourth-order valence-corrected chi connectivity index (χ4v) is 1.52. The molecule has 0 aromatic heterocycles. The van der Waals surface area contributed by atoms with Crippen molar-refractivity contribution in [3.05, 3.63) is 0 Å². The second-order valence-corrected chi connectivity index (χ2v) is 4.05. The molecular weight excluding hydrogens is 182 g/mol. The molecule has 0 spiro atoms. The van der Waals surface area contributed by atoms with Gasteiger partial charge in [-0.1, -0.05) is 6.92 Å². The molecule has 0 fully saturated rings. The highest BCUT2D eigenvalue weighted by molar-refractivity contribution is 7.87. The predicted octanol–water partition coefficient (Wildman–Crippen LogP) is -0.429. The van der Waals surface area contributed by atoms with Gasteiger partial charge in [-0.15, -0.1) is 0 Å². The van der Waals surface area contributed by atoms with Gasteiger partial charge in [0.05, 0.1) is 0 Å². The summed E-state index contributed by atoms with van der Waals surface area (Å²) in [4.78, 5) is 11.0. The van der Waals surface area contributed by atoms with Gasteiger partial charge in [-0.3, -0.25) is 9.35 Å². The van der Waals surface area contributed by atoms with E-state index in [-0.39, 0.29) is 13.0 Å². The summed E-state index contributed by atoms with van der Waals surface area (Å²) in [5, 5.41) is -1.45. The Bertz CT molecular complexity index is 246. The number of rotatable bonds is 5. The number of hydrogen-bond acceptors (Lipinski definition) is 4. The first-order valence-corrected chi connectivity index (χ1v) is 5.12. The first-order chi connectivity index (χ1) is 5.43. The van der Waals surface area contributed by atoms with Crippen LogP contribution < -0.4 is 5.73 Å². The Labute approximate surface area is 71.7 Å². The highest BCUT2D eigenvalue weighted by atomic mass is 32.2. The fraction of sp³-hybridized carbons (Fsp3) is 0.833. The average Bonchev–Trinajstić information content (AvgIpc) is 1.85. The molecule has 0 amide bonds. The Balaban J connectivity index is 4.47. The Kier molecular flexibility index (Phi) is 4.36. The molecule has 3 N–H and O–H groups in total. The van der Waals surface area contributed by atoms with E-state index in [1.54, 1.807) is 6.92 Å². The van der Waals surface area contributed by atoms with Crippen molar-refractivity contribution < 1.29 is 17.8 Å². The Morgan fingerprint density at radius 3 is 2.33 bits per heavy atom. The summed E-state index contributed by atoms with van der Waals surface area (Å²) in [5.41, 5.74) is 5.03. The monoisotopic (exact) mass is 195 g/mol. The highest BCUT2D eigenvalue weighted by Gasteiger charge is 2.28. The zero-order valence-electron chi connectivity index (χ0n) is 6.86. The summed E-state index contributed by atoms with van der Waals surface area (Å²) < 4.78 is 29.6. The Morgan fingerprint density at radius 1 is 1.58 bits per heavy atom. The van der Waals surface area contributed by atoms with Gasteiger partial charge in [-0.05, 0) is 6.42 Å². The van der Waals surface area contributed by atoms with Gasteiger partial charge in [-0.2, -0.15) is 8.42 Å². The van der Waals surface area contributed by atoms with Gasteiger partial charge in [0, 0.05) is 13.0 Å². The summed E-state index contributed by atoms with van der Waals surface area (Å²) in [7, 11) is -4.31. The minimum Gasteiger partial charge on any atom is -0.329 e. The number of nitrogens with two attached hydrogens (primary N) is 1. The van der Waals surface area contributed by atoms with E-state index in [2.05, 4.69) is 0 Å². The molecule has 6 heteroatoms. The molecule has 5 nitrogen and oxygen atoms in total. The maximum atomic E-state index is 11.0. The maximum absolute atomic E-state index is 11.0. The molecule has 0 heterocycles. The molecule has 0 rings (SSSR count). The molecule has 0 aromatic rings. The molecule has 0 bridgehead atoms. The number of carbonyl (C=O) groups excluding carboxylic acids is 1. The van der Waals surface area contributed by atoms with Crippen LogP contribution in [0.15, 0.2) is 0 Å². The van der Waals surface area contributed by atoms with Gasteiger partial charge in [0.1, 0.15) is 0 Å². The van der Waals surface area contributed by atoms with Gasteiger partial charge < -0.3 is 5.73 Å². The van der Waals surface area contributed by atoms with Crippen LogP contribution >= 0.6 is 0 Å². The minimum atomic E-state index is -4.31. The Morgan fingerprint density at radius 2 is 2.08 bits per heavy atom. The third-order valence-corrected chi connectivity index (χ3v) is 2.60. The van der Waals surface area contributed by atoms with Crippen LogP contribution in [0, 0.1) is 0 Å². The van der Waals surface area contributed by atoms with E-state index < -0.39 is 21.2 Å². The third kappa shape index (κ3) is 3.29. The molecule has 0 radical (unpaired) electrons. The second kappa shape index (κ2) is 4.54. The van der Waals surface area contributed by atoms with Crippen molar-refractivity contribution in [3.8, 4) is 0 Å². The number of ketones is 1. The molecule has 72 valence electrons. The van der Waals surface area contributed by atoms with Crippen molar-refractivity contribution in [2.24, 2.45) is 5.73 Å². The summed E-state index contributed by atoms with van der Waals surface area (Å²) in [5.74, 6) is -0.525. The fourth-order valence-electron chi connectivity index (χ4n) is 0.827. The molecule has 0 saturated heterocycles. The van der Waals surface area contributed by atoms with E-state index >= 15 is 0 Å². The molecule has 0 aliphatic rings. The standard InChI is InChI=1S/C6H13NO4S/c1-2-3-5(8)6(4-7)12(9,10)11/h6H,2-4,7H2,1H3,(H,9,10,11). The number of hydrogen-bond donors (Lipinski definition) is 2. The van der Waals surface area contributed by atoms with Crippen LogP contribution in [0.2, 0.25) is 0 Å². The van der Waals surface area contributed by atoms with Crippen molar-refractivity contribution in [3.63, 3.8) is 0 Å². The molecule has 0 aromatic carbocycles. The van der Waals surface area contributed by atoms with E-state index in [0.717, 1.165) is 0 Å². The molecule has 1 atom stereocenters. The van der Waals surface area contributed by atoms with E-state index in [1.165, 1.54) is 0 Å². The van der Waals surface area contributed by atoms with E-state index in [0.29, 0.717) is 6.42 Å². The van der Waals surface area contributed by atoms with Crippen molar-refractivity contribution >= 4 is 15.9 Å². The van der Waals surface area contributed by atoms with Gasteiger partial charge >= 0.3 is 0 Å². The maximum Gasteiger partial charge on any atom is 0.276 e.